The van der Waals surface area contributed by atoms with Crippen LogP contribution in [0.4, 0.5) is 0 Å². The van der Waals surface area contributed by atoms with Gasteiger partial charge in [0.25, 0.3) is 11.8 Å². The summed E-state index contributed by atoms with van der Waals surface area (Å²) in [5.41, 5.74) is 3.34. The van der Waals surface area contributed by atoms with E-state index in [-0.39, 0.29) is 18.4 Å². The molecule has 0 bridgehead atoms. The van der Waals surface area contributed by atoms with E-state index in [1.54, 1.807) is 0 Å². The second-order valence-corrected chi connectivity index (χ2v) is 9.80. The lowest BCUT2D eigenvalue weighted by molar-refractivity contribution is 0.0414. The number of carbonyl (C=O) groups is 2. The number of ether oxygens (including phenoxy) is 1. The quantitative estimate of drug-likeness (QED) is 0.493. The van der Waals surface area contributed by atoms with Crippen LogP contribution in [0.3, 0.4) is 0 Å². The van der Waals surface area contributed by atoms with Crippen molar-refractivity contribution >= 4 is 22.6 Å². The van der Waals surface area contributed by atoms with Crippen LogP contribution in [0.25, 0.3) is 10.8 Å². The highest BCUT2D eigenvalue weighted by molar-refractivity contribution is 6.25. The normalized spacial score (nSPS) is 17.6. The van der Waals surface area contributed by atoms with Crippen LogP contribution in [0.2, 0.25) is 0 Å². The minimum absolute atomic E-state index is 0.213. The van der Waals surface area contributed by atoms with Gasteiger partial charge in [0.15, 0.2) is 0 Å². The van der Waals surface area contributed by atoms with Crippen molar-refractivity contribution in [1.29, 1.82) is 0 Å². The highest BCUT2D eigenvalue weighted by Crippen LogP contribution is 2.30. The maximum Gasteiger partial charge on any atom is 0.261 e. The molecule has 36 heavy (non-hydrogen) atoms. The minimum Gasteiger partial charge on any atom is -0.490 e. The van der Waals surface area contributed by atoms with E-state index >= 15 is 0 Å². The van der Waals surface area contributed by atoms with Crippen LogP contribution in [0.15, 0.2) is 54.6 Å². The second-order valence-electron chi connectivity index (χ2n) is 9.80. The molecular weight excluding hydrogens is 454 g/mol. The van der Waals surface area contributed by atoms with E-state index in [2.05, 4.69) is 9.80 Å². The van der Waals surface area contributed by atoms with Gasteiger partial charge in [-0.2, -0.15) is 0 Å². The van der Waals surface area contributed by atoms with Crippen LogP contribution < -0.4 is 4.74 Å². The molecular formula is C29H33N3O4. The molecule has 0 spiro atoms. The summed E-state index contributed by atoms with van der Waals surface area (Å²) in [4.78, 5) is 32.1. The lowest BCUT2D eigenvalue weighted by atomic mass is 9.94. The Balaban J connectivity index is 1.10. The fraction of sp³-hybridized carbons (Fsp3) is 0.379. The van der Waals surface area contributed by atoms with E-state index in [1.165, 1.54) is 4.90 Å². The molecule has 0 aliphatic carbocycles. The zero-order valence-electron chi connectivity index (χ0n) is 20.9. The number of aliphatic hydroxyl groups is 1. The maximum absolute atomic E-state index is 13.1. The molecule has 7 heteroatoms. The van der Waals surface area contributed by atoms with Crippen LogP contribution in [-0.2, 0) is 0 Å². The molecule has 188 valence electrons. The summed E-state index contributed by atoms with van der Waals surface area (Å²) >= 11 is 0. The number of piperazine rings is 1. The standard InChI is InChI=1S/C29H33N3O4/c1-20-6-3-7-21(2)27(20)36-19-23(33)18-31-14-12-30(13-15-31)16-17-32-28(34)24-10-4-8-22-9-5-11-25(26(22)24)29(32)35/h3-11,23,33H,12-19H2,1-2H3. The number of benzene rings is 3. The summed E-state index contributed by atoms with van der Waals surface area (Å²) < 4.78 is 5.91. The second kappa shape index (κ2) is 10.4. The van der Waals surface area contributed by atoms with Gasteiger partial charge in [-0.05, 0) is 42.5 Å². The van der Waals surface area contributed by atoms with Gasteiger partial charge in [-0.3, -0.25) is 24.3 Å². The van der Waals surface area contributed by atoms with Gasteiger partial charge < -0.3 is 9.84 Å². The molecule has 2 amide bonds. The third-order valence-electron chi connectivity index (χ3n) is 7.26. The summed E-state index contributed by atoms with van der Waals surface area (Å²) in [6.07, 6.45) is -0.568. The van der Waals surface area contributed by atoms with Crippen molar-refractivity contribution in [2.24, 2.45) is 0 Å². The van der Waals surface area contributed by atoms with Crippen LogP contribution in [0.5, 0.6) is 5.75 Å². The Bertz CT molecular complexity index is 1210. The first-order valence-corrected chi connectivity index (χ1v) is 12.6. The number of hydrogen-bond acceptors (Lipinski definition) is 6. The number of aliphatic hydroxyl groups excluding tert-OH is 1. The molecule has 3 aromatic carbocycles. The number of imide groups is 1. The third-order valence-corrected chi connectivity index (χ3v) is 7.26. The molecule has 2 aliphatic heterocycles. The molecule has 1 atom stereocenters. The number of para-hydroxylation sites is 1. The molecule has 0 aromatic heterocycles. The lowest BCUT2D eigenvalue weighted by Gasteiger charge is -2.36. The first kappa shape index (κ1) is 24.4. The zero-order valence-corrected chi connectivity index (χ0v) is 20.9. The number of amides is 2. The molecule has 2 heterocycles. The highest BCUT2D eigenvalue weighted by atomic mass is 16.5. The first-order chi connectivity index (χ1) is 17.4. The Morgan fingerprint density at radius 3 is 1.97 bits per heavy atom. The van der Waals surface area contributed by atoms with E-state index in [0.29, 0.717) is 30.8 Å². The van der Waals surface area contributed by atoms with Crippen molar-refractivity contribution in [2.45, 2.75) is 20.0 Å². The smallest absolute Gasteiger partial charge is 0.261 e. The Hall–Kier alpha value is -3.26. The largest absolute Gasteiger partial charge is 0.490 e. The molecule has 5 rings (SSSR count). The van der Waals surface area contributed by atoms with Crippen LogP contribution in [0.1, 0.15) is 31.8 Å². The Kier molecular flexibility index (Phi) is 7.05. The summed E-state index contributed by atoms with van der Waals surface area (Å²) in [6, 6.07) is 17.3. The van der Waals surface area contributed by atoms with Crippen LogP contribution >= 0.6 is 0 Å². The summed E-state index contributed by atoms with van der Waals surface area (Å²) in [5, 5.41) is 12.2. The topological polar surface area (TPSA) is 73.3 Å². The van der Waals surface area contributed by atoms with Crippen molar-refractivity contribution in [2.75, 3.05) is 52.4 Å². The molecule has 3 aromatic rings. The number of hydrogen-bond donors (Lipinski definition) is 1. The molecule has 0 radical (unpaired) electrons. The van der Waals surface area contributed by atoms with Crippen LogP contribution in [0, 0.1) is 13.8 Å². The summed E-state index contributed by atoms with van der Waals surface area (Å²) in [7, 11) is 0. The fourth-order valence-corrected chi connectivity index (χ4v) is 5.28. The molecule has 2 aliphatic rings. The van der Waals surface area contributed by atoms with E-state index in [0.717, 1.165) is 53.8 Å². The van der Waals surface area contributed by atoms with Gasteiger partial charge in [0.1, 0.15) is 18.5 Å². The van der Waals surface area contributed by atoms with Gasteiger partial charge in [-0.15, -0.1) is 0 Å². The van der Waals surface area contributed by atoms with Gasteiger partial charge in [0.05, 0.1) is 0 Å². The molecule has 1 unspecified atom stereocenters. The number of aryl methyl sites for hydroxylation is 2. The van der Waals surface area contributed by atoms with Crippen molar-refractivity contribution in [1.82, 2.24) is 14.7 Å². The minimum atomic E-state index is -0.568. The van der Waals surface area contributed by atoms with Crippen molar-refractivity contribution in [3.8, 4) is 5.75 Å². The number of β-amino-alcohol motifs (C(OH)–C–C–N with tert-alkyl or cyclic N) is 1. The van der Waals surface area contributed by atoms with Crippen molar-refractivity contribution in [3.63, 3.8) is 0 Å². The SMILES string of the molecule is Cc1cccc(C)c1OCC(O)CN1CCN(CCN2C(=O)c3cccc4cccc(c34)C2=O)CC1. The van der Waals surface area contributed by atoms with Gasteiger partial charge in [0, 0.05) is 62.3 Å². The van der Waals surface area contributed by atoms with Gasteiger partial charge in [0.2, 0.25) is 0 Å². The van der Waals surface area contributed by atoms with Gasteiger partial charge in [-0.1, -0.05) is 42.5 Å². The monoisotopic (exact) mass is 487 g/mol. The molecule has 1 N–H and O–H groups in total. The fourth-order valence-electron chi connectivity index (χ4n) is 5.28. The molecule has 7 nitrogen and oxygen atoms in total. The Labute approximate surface area is 211 Å². The van der Waals surface area contributed by atoms with Crippen molar-refractivity contribution < 1.29 is 19.4 Å². The lowest BCUT2D eigenvalue weighted by Crippen LogP contribution is -2.51. The summed E-state index contributed by atoms with van der Waals surface area (Å²) in [6.45, 7) is 9.16. The maximum atomic E-state index is 13.1. The summed E-state index contributed by atoms with van der Waals surface area (Å²) in [5.74, 6) is 0.423. The number of carbonyl (C=O) groups excluding carboxylic acids is 2. The average Bonchev–Trinajstić information content (AvgIpc) is 2.88. The molecule has 1 fully saturated rings. The van der Waals surface area contributed by atoms with Crippen molar-refractivity contribution in [3.05, 3.63) is 76.9 Å². The molecule has 0 saturated carbocycles. The first-order valence-electron chi connectivity index (χ1n) is 12.6. The average molecular weight is 488 g/mol. The molecule has 1 saturated heterocycles. The van der Waals surface area contributed by atoms with E-state index in [9.17, 15) is 14.7 Å². The predicted octanol–water partition coefficient (Wildman–Crippen LogP) is 3.11. The van der Waals surface area contributed by atoms with E-state index in [1.807, 2.05) is 68.4 Å². The Morgan fingerprint density at radius 1 is 0.806 bits per heavy atom. The number of rotatable bonds is 8. The number of nitrogens with zero attached hydrogens (tertiary/aromatic N) is 3. The highest BCUT2D eigenvalue weighted by Gasteiger charge is 2.33. The van der Waals surface area contributed by atoms with Gasteiger partial charge >= 0.3 is 0 Å². The Morgan fingerprint density at radius 2 is 1.36 bits per heavy atom. The third kappa shape index (κ3) is 4.87. The predicted molar refractivity (Wildman–Crippen MR) is 140 cm³/mol. The van der Waals surface area contributed by atoms with Gasteiger partial charge in [-0.25, -0.2) is 0 Å². The zero-order chi connectivity index (χ0) is 25.2. The van der Waals surface area contributed by atoms with E-state index < -0.39 is 6.10 Å². The van der Waals surface area contributed by atoms with E-state index in [4.69, 9.17) is 4.74 Å². The van der Waals surface area contributed by atoms with Crippen LogP contribution in [-0.4, -0.2) is 90.1 Å².